The first kappa shape index (κ1) is 12.5. The van der Waals surface area contributed by atoms with Gasteiger partial charge in [-0.05, 0) is 66.9 Å². The van der Waals surface area contributed by atoms with Crippen molar-refractivity contribution in [2.75, 3.05) is 7.11 Å². The van der Waals surface area contributed by atoms with E-state index in [9.17, 15) is 5.11 Å². The fraction of sp³-hybridized carbons (Fsp3) is 0.556. The van der Waals surface area contributed by atoms with Crippen LogP contribution in [-0.4, -0.2) is 18.3 Å². The van der Waals surface area contributed by atoms with Crippen LogP contribution in [0.3, 0.4) is 0 Å². The Kier molecular flexibility index (Phi) is 2.56. The van der Waals surface area contributed by atoms with Crippen LogP contribution in [0.2, 0.25) is 0 Å². The van der Waals surface area contributed by atoms with Crippen LogP contribution in [-0.2, 0) is 6.42 Å². The lowest BCUT2D eigenvalue weighted by Gasteiger charge is -2.40. The first-order valence-corrected chi connectivity index (χ1v) is 7.71. The molecule has 1 aromatic carbocycles. The van der Waals surface area contributed by atoms with Gasteiger partial charge >= 0.3 is 0 Å². The molecule has 3 atom stereocenters. The molecule has 0 heterocycles. The van der Waals surface area contributed by atoms with Crippen LogP contribution in [0.1, 0.15) is 43.7 Å². The second kappa shape index (κ2) is 4.11. The molecule has 0 bridgehead atoms. The number of fused-ring (bicyclic) bond motifs is 4. The number of hydrogen-bond donors (Lipinski definition) is 1. The molecule has 1 aromatic rings. The molecular formula is C18H22O2. The molecule has 0 radical (unpaired) electrons. The summed E-state index contributed by atoms with van der Waals surface area (Å²) in [6.07, 6.45) is 5.33. The monoisotopic (exact) mass is 270 g/mol. The Bertz CT molecular complexity index is 601. The van der Waals surface area contributed by atoms with Gasteiger partial charge in [0.15, 0.2) is 0 Å². The van der Waals surface area contributed by atoms with E-state index in [0.717, 1.165) is 37.9 Å². The molecule has 0 saturated heterocycles. The minimum atomic E-state index is -0.111. The molecule has 4 rings (SSSR count). The summed E-state index contributed by atoms with van der Waals surface area (Å²) >= 11 is 0. The average Bonchev–Trinajstić information content (AvgIpc) is 2.96. The molecule has 3 aliphatic carbocycles. The Balaban J connectivity index is 1.76. The van der Waals surface area contributed by atoms with Gasteiger partial charge in [-0.25, -0.2) is 0 Å². The lowest BCUT2D eigenvalue weighted by molar-refractivity contribution is 0.0387. The minimum absolute atomic E-state index is 0.111. The fourth-order valence-electron chi connectivity index (χ4n) is 4.77. The predicted molar refractivity (Wildman–Crippen MR) is 79.7 cm³/mol. The van der Waals surface area contributed by atoms with Gasteiger partial charge in [-0.15, -0.1) is 0 Å². The van der Waals surface area contributed by atoms with E-state index in [4.69, 9.17) is 4.74 Å². The van der Waals surface area contributed by atoms with Crippen LogP contribution in [0.5, 0.6) is 5.75 Å². The van der Waals surface area contributed by atoms with Crippen LogP contribution in [0.4, 0.5) is 0 Å². The van der Waals surface area contributed by atoms with Crippen molar-refractivity contribution in [3.8, 4) is 5.75 Å². The molecule has 106 valence electrons. The van der Waals surface area contributed by atoms with E-state index >= 15 is 0 Å². The summed E-state index contributed by atoms with van der Waals surface area (Å²) in [5.41, 5.74) is 6.15. The Hall–Kier alpha value is -1.28. The first-order chi connectivity index (χ1) is 9.63. The van der Waals surface area contributed by atoms with Crippen LogP contribution < -0.4 is 4.74 Å². The molecular weight excluding hydrogens is 248 g/mol. The molecule has 1 N–H and O–H groups in total. The largest absolute Gasteiger partial charge is 0.497 e. The number of rotatable bonds is 1. The van der Waals surface area contributed by atoms with Gasteiger partial charge in [-0.1, -0.05) is 18.6 Å². The van der Waals surface area contributed by atoms with Gasteiger partial charge in [-0.3, -0.25) is 0 Å². The van der Waals surface area contributed by atoms with Crippen LogP contribution >= 0.6 is 0 Å². The Morgan fingerprint density at radius 1 is 1.30 bits per heavy atom. The molecule has 0 aromatic heterocycles. The van der Waals surface area contributed by atoms with E-state index in [1.54, 1.807) is 18.3 Å². The van der Waals surface area contributed by atoms with E-state index < -0.39 is 0 Å². The lowest BCUT2D eigenvalue weighted by atomic mass is 9.66. The van der Waals surface area contributed by atoms with Crippen molar-refractivity contribution in [1.29, 1.82) is 0 Å². The topological polar surface area (TPSA) is 29.5 Å². The Morgan fingerprint density at radius 3 is 2.95 bits per heavy atom. The average molecular weight is 270 g/mol. The summed E-state index contributed by atoms with van der Waals surface area (Å²) in [6, 6.07) is 6.49. The van der Waals surface area contributed by atoms with Crippen LogP contribution in [0, 0.1) is 11.3 Å². The molecule has 3 aliphatic rings. The van der Waals surface area contributed by atoms with Crippen molar-refractivity contribution >= 4 is 5.57 Å². The normalized spacial score (nSPS) is 34.8. The number of ether oxygens (including phenoxy) is 1. The predicted octanol–water partition coefficient (Wildman–Crippen LogP) is 3.58. The van der Waals surface area contributed by atoms with Gasteiger partial charge in [0.2, 0.25) is 0 Å². The van der Waals surface area contributed by atoms with Gasteiger partial charge < -0.3 is 9.84 Å². The van der Waals surface area contributed by atoms with Gasteiger partial charge in [0.05, 0.1) is 13.2 Å². The fourth-order valence-corrected chi connectivity index (χ4v) is 4.77. The molecule has 0 spiro atoms. The summed E-state index contributed by atoms with van der Waals surface area (Å²) in [5, 5.41) is 10.4. The SMILES string of the molecule is COc1ccc2c(c1)CC1=C2CCC2(C)C(O)CCC12. The van der Waals surface area contributed by atoms with Crippen molar-refractivity contribution < 1.29 is 9.84 Å². The second-order valence-electron chi connectivity index (χ2n) is 6.86. The highest BCUT2D eigenvalue weighted by molar-refractivity contribution is 5.78. The molecule has 2 heteroatoms. The third kappa shape index (κ3) is 1.49. The van der Waals surface area contributed by atoms with E-state index in [0.29, 0.717) is 5.92 Å². The van der Waals surface area contributed by atoms with Gasteiger partial charge in [-0.2, -0.15) is 0 Å². The zero-order valence-corrected chi connectivity index (χ0v) is 12.3. The summed E-state index contributed by atoms with van der Waals surface area (Å²) < 4.78 is 5.36. The summed E-state index contributed by atoms with van der Waals surface area (Å²) in [4.78, 5) is 0. The third-order valence-electron chi connectivity index (χ3n) is 6.03. The number of allylic oxidation sites excluding steroid dienone is 2. The van der Waals surface area contributed by atoms with Crippen molar-refractivity contribution in [3.05, 3.63) is 34.9 Å². The Labute approximate surface area is 120 Å². The molecule has 0 amide bonds. The highest BCUT2D eigenvalue weighted by atomic mass is 16.5. The summed E-state index contributed by atoms with van der Waals surface area (Å²) in [5.74, 6) is 1.54. The lowest BCUT2D eigenvalue weighted by Crippen LogP contribution is -2.35. The van der Waals surface area contributed by atoms with E-state index in [-0.39, 0.29) is 11.5 Å². The van der Waals surface area contributed by atoms with Gasteiger partial charge in [0.1, 0.15) is 5.75 Å². The van der Waals surface area contributed by atoms with Gasteiger partial charge in [0.25, 0.3) is 0 Å². The molecule has 3 unspecified atom stereocenters. The van der Waals surface area contributed by atoms with Crippen LogP contribution in [0.15, 0.2) is 23.8 Å². The maximum Gasteiger partial charge on any atom is 0.119 e. The zero-order valence-electron chi connectivity index (χ0n) is 12.3. The molecule has 2 nitrogen and oxygen atoms in total. The zero-order chi connectivity index (χ0) is 13.9. The number of methoxy groups -OCH3 is 1. The first-order valence-electron chi connectivity index (χ1n) is 7.71. The summed E-state index contributed by atoms with van der Waals surface area (Å²) in [7, 11) is 1.73. The number of benzene rings is 1. The van der Waals surface area contributed by atoms with Crippen molar-refractivity contribution in [1.82, 2.24) is 0 Å². The minimum Gasteiger partial charge on any atom is -0.497 e. The van der Waals surface area contributed by atoms with Crippen molar-refractivity contribution in [2.24, 2.45) is 11.3 Å². The summed E-state index contributed by atoms with van der Waals surface area (Å²) in [6.45, 7) is 2.29. The number of hydrogen-bond acceptors (Lipinski definition) is 2. The van der Waals surface area contributed by atoms with E-state index in [1.165, 1.54) is 11.1 Å². The molecule has 20 heavy (non-hydrogen) atoms. The van der Waals surface area contributed by atoms with Gasteiger partial charge in [0, 0.05) is 5.41 Å². The van der Waals surface area contributed by atoms with E-state index in [1.807, 2.05) is 0 Å². The molecule has 1 fully saturated rings. The maximum atomic E-state index is 10.4. The maximum absolute atomic E-state index is 10.4. The Morgan fingerprint density at radius 2 is 2.15 bits per heavy atom. The number of aliphatic hydroxyl groups excluding tert-OH is 1. The standard InChI is InChI=1S/C18H22O2/c1-18-8-7-14-13-4-3-12(20-2)9-11(13)10-15(14)16(18)5-6-17(18)19/h3-4,9,16-17,19H,5-8,10H2,1-2H3. The van der Waals surface area contributed by atoms with Crippen LogP contribution in [0.25, 0.3) is 5.57 Å². The van der Waals surface area contributed by atoms with Crippen molar-refractivity contribution in [3.63, 3.8) is 0 Å². The third-order valence-corrected chi connectivity index (χ3v) is 6.03. The highest BCUT2D eigenvalue weighted by Crippen LogP contribution is 2.58. The molecule has 1 saturated carbocycles. The second-order valence-corrected chi connectivity index (χ2v) is 6.86. The smallest absolute Gasteiger partial charge is 0.119 e. The molecule has 0 aliphatic heterocycles. The van der Waals surface area contributed by atoms with Crippen molar-refractivity contribution in [2.45, 2.75) is 45.1 Å². The van der Waals surface area contributed by atoms with E-state index in [2.05, 4.69) is 25.1 Å². The highest BCUT2D eigenvalue weighted by Gasteiger charge is 2.50. The number of aliphatic hydroxyl groups is 1. The quantitative estimate of drug-likeness (QED) is 0.845.